The fraction of sp³-hybridized carbons (Fsp3) is 0.0909. The highest BCUT2D eigenvalue weighted by Gasteiger charge is 2.11. The van der Waals surface area contributed by atoms with Crippen LogP contribution in [0.15, 0.2) is 109 Å². The summed E-state index contributed by atoms with van der Waals surface area (Å²) >= 11 is 0. The number of nitrogens with two attached hydrogens (primary N) is 2. The number of hydrogen-bond donors (Lipinski definition) is 2. The first-order valence-electron chi connectivity index (χ1n) is 12.1. The van der Waals surface area contributed by atoms with Gasteiger partial charge >= 0.3 is 0 Å². The zero-order valence-corrected chi connectivity index (χ0v) is 20.3. The molecule has 0 aliphatic heterocycles. The highest BCUT2D eigenvalue weighted by Crippen LogP contribution is 2.35. The number of hydrogen-bond acceptors (Lipinski definition) is 2. The van der Waals surface area contributed by atoms with Crippen LogP contribution in [0.2, 0.25) is 0 Å². The van der Waals surface area contributed by atoms with Gasteiger partial charge in [0, 0.05) is 11.4 Å². The first-order chi connectivity index (χ1) is 17.0. The molecule has 0 amide bonds. The summed E-state index contributed by atoms with van der Waals surface area (Å²) in [7, 11) is 0. The van der Waals surface area contributed by atoms with Crippen molar-refractivity contribution >= 4 is 11.4 Å². The van der Waals surface area contributed by atoms with Crippen molar-refractivity contribution in [1.29, 1.82) is 0 Å². The van der Waals surface area contributed by atoms with Crippen LogP contribution < -0.4 is 11.5 Å². The standard InChI is InChI=1S/C33H30N2/c1-3-31-32(20-30(34)21-33(31)35)29-12-6-11-28(19-29)27-10-5-9-26(18-27)25-8-4-7-24(17-25)23-15-13-22(2)14-16-23/h4-21H,3,34-35H2,1-2H3. The Labute approximate surface area is 207 Å². The van der Waals surface area contributed by atoms with E-state index in [0.29, 0.717) is 5.69 Å². The van der Waals surface area contributed by atoms with Crippen LogP contribution in [0.3, 0.4) is 0 Å². The van der Waals surface area contributed by atoms with Crippen molar-refractivity contribution in [2.75, 3.05) is 11.5 Å². The van der Waals surface area contributed by atoms with Crippen molar-refractivity contribution in [3.8, 4) is 44.5 Å². The average molecular weight is 455 g/mol. The molecule has 0 aliphatic rings. The number of aryl methyl sites for hydroxylation is 1. The van der Waals surface area contributed by atoms with Crippen LogP contribution in [-0.4, -0.2) is 0 Å². The Morgan fingerprint density at radius 2 is 0.971 bits per heavy atom. The lowest BCUT2D eigenvalue weighted by atomic mass is 9.92. The predicted octanol–water partition coefficient (Wildman–Crippen LogP) is 8.39. The zero-order chi connectivity index (χ0) is 24.4. The number of nitrogen functional groups attached to an aromatic ring is 2. The van der Waals surface area contributed by atoms with Crippen LogP contribution in [0.25, 0.3) is 44.5 Å². The third kappa shape index (κ3) is 4.69. The molecule has 0 unspecified atom stereocenters. The largest absolute Gasteiger partial charge is 0.399 e. The maximum absolute atomic E-state index is 6.29. The van der Waals surface area contributed by atoms with E-state index >= 15 is 0 Å². The first-order valence-corrected chi connectivity index (χ1v) is 12.1. The maximum Gasteiger partial charge on any atom is 0.0373 e. The molecular formula is C33H30N2. The molecule has 0 fully saturated rings. The molecule has 5 aromatic rings. The minimum absolute atomic E-state index is 0.690. The molecule has 5 rings (SSSR count). The fourth-order valence-corrected chi connectivity index (χ4v) is 4.74. The van der Waals surface area contributed by atoms with E-state index in [1.165, 1.54) is 38.9 Å². The van der Waals surface area contributed by atoms with Gasteiger partial charge in [-0.25, -0.2) is 0 Å². The molecule has 4 N–H and O–H groups in total. The Morgan fingerprint density at radius 3 is 1.49 bits per heavy atom. The minimum atomic E-state index is 0.690. The van der Waals surface area contributed by atoms with Crippen LogP contribution in [0.1, 0.15) is 18.1 Å². The Kier molecular flexibility index (Phi) is 6.12. The van der Waals surface area contributed by atoms with E-state index in [9.17, 15) is 0 Å². The SMILES string of the molecule is CCc1c(N)cc(N)cc1-c1cccc(-c2cccc(-c3cccc(-c4ccc(C)cc4)c3)c2)c1. The third-order valence-electron chi connectivity index (χ3n) is 6.61. The lowest BCUT2D eigenvalue weighted by Crippen LogP contribution is -1.99. The molecule has 2 nitrogen and oxygen atoms in total. The molecule has 0 aliphatic carbocycles. The summed E-state index contributed by atoms with van der Waals surface area (Å²) < 4.78 is 0. The summed E-state index contributed by atoms with van der Waals surface area (Å²) in [5, 5.41) is 0. The molecule has 0 bridgehead atoms. The van der Waals surface area contributed by atoms with Gasteiger partial charge in [-0.05, 0) is 93.7 Å². The van der Waals surface area contributed by atoms with Gasteiger partial charge in [-0.3, -0.25) is 0 Å². The molecule has 0 aromatic heterocycles. The lowest BCUT2D eigenvalue weighted by molar-refractivity contribution is 1.15. The Hall–Kier alpha value is -4.30. The molecule has 0 atom stereocenters. The highest BCUT2D eigenvalue weighted by molar-refractivity contribution is 5.82. The molecule has 5 aromatic carbocycles. The van der Waals surface area contributed by atoms with Gasteiger partial charge in [-0.1, -0.05) is 91.3 Å². The van der Waals surface area contributed by atoms with E-state index in [1.807, 2.05) is 12.1 Å². The summed E-state index contributed by atoms with van der Waals surface area (Å²) in [5.74, 6) is 0. The maximum atomic E-state index is 6.29. The lowest BCUT2D eigenvalue weighted by Gasteiger charge is -2.14. The van der Waals surface area contributed by atoms with Gasteiger partial charge in [0.25, 0.3) is 0 Å². The van der Waals surface area contributed by atoms with Crippen molar-refractivity contribution in [1.82, 2.24) is 0 Å². The van der Waals surface area contributed by atoms with Crippen LogP contribution in [-0.2, 0) is 6.42 Å². The Bertz CT molecular complexity index is 1500. The molecule has 0 radical (unpaired) electrons. The van der Waals surface area contributed by atoms with Crippen LogP contribution in [0.5, 0.6) is 0 Å². The van der Waals surface area contributed by atoms with Gasteiger partial charge in [0.15, 0.2) is 0 Å². The smallest absolute Gasteiger partial charge is 0.0373 e. The van der Waals surface area contributed by atoms with E-state index in [1.54, 1.807) is 0 Å². The van der Waals surface area contributed by atoms with Crippen molar-refractivity contribution < 1.29 is 0 Å². The summed E-state index contributed by atoms with van der Waals surface area (Å²) in [6.07, 6.45) is 0.860. The van der Waals surface area contributed by atoms with E-state index in [0.717, 1.165) is 28.8 Å². The van der Waals surface area contributed by atoms with Gasteiger partial charge in [0.05, 0.1) is 0 Å². The van der Waals surface area contributed by atoms with Crippen molar-refractivity contribution in [2.45, 2.75) is 20.3 Å². The highest BCUT2D eigenvalue weighted by atomic mass is 14.6. The van der Waals surface area contributed by atoms with Gasteiger partial charge in [-0.2, -0.15) is 0 Å². The van der Waals surface area contributed by atoms with Crippen molar-refractivity contribution in [3.05, 3.63) is 120 Å². The second-order valence-electron chi connectivity index (χ2n) is 9.10. The summed E-state index contributed by atoms with van der Waals surface area (Å²) in [4.78, 5) is 0. The monoisotopic (exact) mass is 454 g/mol. The van der Waals surface area contributed by atoms with E-state index < -0.39 is 0 Å². The molecule has 0 saturated heterocycles. The second-order valence-corrected chi connectivity index (χ2v) is 9.10. The van der Waals surface area contributed by atoms with E-state index in [4.69, 9.17) is 11.5 Å². The topological polar surface area (TPSA) is 52.0 Å². The summed E-state index contributed by atoms with van der Waals surface area (Å²) in [6.45, 7) is 4.24. The molecule has 172 valence electrons. The molecule has 0 saturated carbocycles. The predicted molar refractivity (Wildman–Crippen MR) is 151 cm³/mol. The zero-order valence-electron chi connectivity index (χ0n) is 20.3. The molecule has 2 heteroatoms. The second kappa shape index (κ2) is 9.52. The Balaban J connectivity index is 1.53. The van der Waals surface area contributed by atoms with Crippen LogP contribution in [0, 0.1) is 6.92 Å². The molecular weight excluding hydrogens is 424 g/mol. The van der Waals surface area contributed by atoms with Gasteiger partial charge < -0.3 is 11.5 Å². The van der Waals surface area contributed by atoms with Crippen molar-refractivity contribution in [3.63, 3.8) is 0 Å². The number of benzene rings is 5. The third-order valence-corrected chi connectivity index (χ3v) is 6.61. The summed E-state index contributed by atoms with van der Waals surface area (Å²) in [6, 6.07) is 38.7. The van der Waals surface area contributed by atoms with Gasteiger partial charge in [-0.15, -0.1) is 0 Å². The van der Waals surface area contributed by atoms with Crippen LogP contribution >= 0.6 is 0 Å². The van der Waals surface area contributed by atoms with Crippen molar-refractivity contribution in [2.24, 2.45) is 0 Å². The first kappa shape index (κ1) is 22.5. The average Bonchev–Trinajstić information content (AvgIpc) is 2.89. The molecule has 0 heterocycles. The van der Waals surface area contributed by atoms with Crippen LogP contribution in [0.4, 0.5) is 11.4 Å². The Morgan fingerprint density at radius 1 is 0.514 bits per heavy atom. The normalized spacial score (nSPS) is 10.9. The van der Waals surface area contributed by atoms with Gasteiger partial charge in [0.2, 0.25) is 0 Å². The quantitative estimate of drug-likeness (QED) is 0.262. The minimum Gasteiger partial charge on any atom is -0.399 e. The molecule has 0 spiro atoms. The fourth-order valence-electron chi connectivity index (χ4n) is 4.74. The van der Waals surface area contributed by atoms with Gasteiger partial charge in [0.1, 0.15) is 0 Å². The van der Waals surface area contributed by atoms with E-state index in [-0.39, 0.29) is 0 Å². The summed E-state index contributed by atoms with van der Waals surface area (Å²) in [5.41, 5.74) is 25.7. The number of rotatable bonds is 5. The van der Waals surface area contributed by atoms with E-state index in [2.05, 4.69) is 111 Å². The number of anilines is 2. The molecule has 35 heavy (non-hydrogen) atoms.